The Labute approximate surface area is 99.8 Å². The Hall–Kier alpha value is -1.66. The van der Waals surface area contributed by atoms with Crippen molar-refractivity contribution in [2.75, 3.05) is 13.2 Å². The van der Waals surface area contributed by atoms with Crippen molar-refractivity contribution >= 4 is 11.9 Å². The number of aliphatic carboxylic acids is 1. The Morgan fingerprint density at radius 3 is 2.24 bits per heavy atom. The quantitative estimate of drug-likeness (QED) is 0.469. The van der Waals surface area contributed by atoms with Gasteiger partial charge >= 0.3 is 11.9 Å². The van der Waals surface area contributed by atoms with E-state index in [1.54, 1.807) is 19.9 Å². The fourth-order valence-corrected chi connectivity index (χ4v) is 0.456. The molecule has 0 aliphatic carbocycles. The smallest absolute Gasteiger partial charge is 0.333 e. The molecule has 6 nitrogen and oxygen atoms in total. The molecule has 0 aromatic carbocycles. The van der Waals surface area contributed by atoms with Crippen molar-refractivity contribution in [2.45, 2.75) is 20.0 Å². The number of hydrogen-bond acceptors (Lipinski definition) is 5. The first-order chi connectivity index (χ1) is 7.88. The predicted molar refractivity (Wildman–Crippen MR) is 61.3 cm³/mol. The van der Waals surface area contributed by atoms with Crippen molar-refractivity contribution in [3.8, 4) is 0 Å². The summed E-state index contributed by atoms with van der Waals surface area (Å²) in [5.74, 6) is -1.45. The monoisotopic (exact) mass is 246 g/mol. The molecule has 0 amide bonds. The highest BCUT2D eigenvalue weighted by molar-refractivity contribution is 5.87. The van der Waals surface area contributed by atoms with Gasteiger partial charge in [0.1, 0.15) is 12.7 Å². The van der Waals surface area contributed by atoms with Crippen molar-refractivity contribution in [2.24, 2.45) is 0 Å². The Bertz CT molecular complexity index is 282. The highest BCUT2D eigenvalue weighted by Crippen LogP contribution is 1.96. The molecule has 0 aromatic rings. The minimum atomic E-state index is -0.987. The molecule has 0 bridgehead atoms. The van der Waals surface area contributed by atoms with Gasteiger partial charge in [-0.15, -0.1) is 0 Å². The zero-order valence-corrected chi connectivity index (χ0v) is 9.92. The summed E-state index contributed by atoms with van der Waals surface area (Å²) in [6, 6.07) is 0. The van der Waals surface area contributed by atoms with Crippen molar-refractivity contribution in [1.29, 1.82) is 0 Å². The molecule has 0 aliphatic rings. The number of allylic oxidation sites excluding steroid dienone is 1. The van der Waals surface area contributed by atoms with E-state index in [-0.39, 0.29) is 6.61 Å². The van der Waals surface area contributed by atoms with Gasteiger partial charge < -0.3 is 20.1 Å². The number of carboxylic acids is 1. The number of aliphatic hydroxyl groups excluding tert-OH is 2. The van der Waals surface area contributed by atoms with E-state index in [1.807, 2.05) is 0 Å². The van der Waals surface area contributed by atoms with Gasteiger partial charge in [-0.3, -0.25) is 0 Å². The first kappa shape index (κ1) is 17.7. The van der Waals surface area contributed by atoms with Crippen molar-refractivity contribution in [1.82, 2.24) is 0 Å². The molecular formula is C11H18O6. The number of rotatable bonds is 5. The van der Waals surface area contributed by atoms with E-state index in [0.29, 0.717) is 5.57 Å². The van der Waals surface area contributed by atoms with E-state index < -0.39 is 24.6 Å². The Kier molecular flexibility index (Phi) is 11.3. The van der Waals surface area contributed by atoms with Crippen LogP contribution in [0.1, 0.15) is 13.8 Å². The maximum absolute atomic E-state index is 10.9. The van der Waals surface area contributed by atoms with Gasteiger partial charge in [0.25, 0.3) is 0 Å². The lowest BCUT2D eigenvalue weighted by Gasteiger charge is -2.07. The summed E-state index contributed by atoms with van der Waals surface area (Å²) in [6.07, 6.45) is 1.46. The van der Waals surface area contributed by atoms with Crippen LogP contribution < -0.4 is 0 Å². The first-order valence-electron chi connectivity index (χ1n) is 4.83. The average Bonchev–Trinajstić information content (AvgIpc) is 2.34. The van der Waals surface area contributed by atoms with Gasteiger partial charge in [0.05, 0.1) is 6.61 Å². The van der Waals surface area contributed by atoms with Crippen LogP contribution in [0.2, 0.25) is 0 Å². The summed E-state index contributed by atoms with van der Waals surface area (Å²) < 4.78 is 4.63. The second kappa shape index (κ2) is 10.8. The van der Waals surface area contributed by atoms with Gasteiger partial charge in [0.2, 0.25) is 0 Å². The lowest BCUT2D eigenvalue weighted by atomic mass is 10.3. The molecule has 0 heterocycles. The number of carbonyl (C=O) groups is 2. The van der Waals surface area contributed by atoms with Gasteiger partial charge in [-0.25, -0.2) is 9.59 Å². The van der Waals surface area contributed by atoms with E-state index in [2.05, 4.69) is 11.3 Å². The molecule has 3 N–H and O–H groups in total. The number of ether oxygens (including phenoxy) is 1. The van der Waals surface area contributed by atoms with Crippen LogP contribution in [-0.4, -0.2) is 46.6 Å². The molecular weight excluding hydrogens is 228 g/mol. The minimum Gasteiger partial charge on any atom is -0.478 e. The predicted octanol–water partition coefficient (Wildman–Crippen LogP) is 0.106. The molecule has 0 saturated carbocycles. The fraction of sp³-hybridized carbons (Fsp3) is 0.455. The summed E-state index contributed by atoms with van der Waals surface area (Å²) in [5, 5.41) is 24.8. The SMILES string of the molecule is C=CC(=O)O.CC=C(C)C(=O)OCC(O)CO. The van der Waals surface area contributed by atoms with Gasteiger partial charge in [-0.2, -0.15) is 0 Å². The highest BCUT2D eigenvalue weighted by atomic mass is 16.5. The van der Waals surface area contributed by atoms with E-state index in [4.69, 9.17) is 15.3 Å². The molecule has 0 aromatic heterocycles. The van der Waals surface area contributed by atoms with Gasteiger partial charge in [0.15, 0.2) is 0 Å². The van der Waals surface area contributed by atoms with Crippen LogP contribution in [0.25, 0.3) is 0 Å². The standard InChI is InChI=1S/C8H14O4.C3H4O2/c1-3-6(2)8(11)12-5-7(10)4-9;1-2-3(4)5/h3,7,9-10H,4-5H2,1-2H3;2H,1H2,(H,4,5). The number of esters is 1. The van der Waals surface area contributed by atoms with Crippen molar-refractivity contribution in [3.05, 3.63) is 24.3 Å². The molecule has 0 aliphatic heterocycles. The lowest BCUT2D eigenvalue weighted by Crippen LogP contribution is -2.22. The Morgan fingerprint density at radius 2 is 1.94 bits per heavy atom. The van der Waals surface area contributed by atoms with Crippen molar-refractivity contribution in [3.63, 3.8) is 0 Å². The van der Waals surface area contributed by atoms with E-state index in [0.717, 1.165) is 6.08 Å². The molecule has 0 saturated heterocycles. The van der Waals surface area contributed by atoms with Crippen LogP contribution in [-0.2, 0) is 14.3 Å². The van der Waals surface area contributed by atoms with Gasteiger partial charge in [-0.1, -0.05) is 12.7 Å². The second-order valence-corrected chi connectivity index (χ2v) is 2.95. The van der Waals surface area contributed by atoms with Crippen LogP contribution >= 0.6 is 0 Å². The second-order valence-electron chi connectivity index (χ2n) is 2.95. The number of aliphatic hydroxyl groups is 2. The minimum absolute atomic E-state index is 0.166. The third kappa shape index (κ3) is 12.3. The van der Waals surface area contributed by atoms with Crippen LogP contribution in [0, 0.1) is 0 Å². The highest BCUT2D eigenvalue weighted by Gasteiger charge is 2.08. The third-order valence-electron chi connectivity index (χ3n) is 1.55. The van der Waals surface area contributed by atoms with Crippen LogP contribution in [0.5, 0.6) is 0 Å². The number of hydrogen-bond donors (Lipinski definition) is 3. The Balaban J connectivity index is 0. The summed E-state index contributed by atoms with van der Waals surface area (Å²) >= 11 is 0. The molecule has 6 heteroatoms. The average molecular weight is 246 g/mol. The lowest BCUT2D eigenvalue weighted by molar-refractivity contribution is -0.142. The topological polar surface area (TPSA) is 104 Å². The number of carbonyl (C=O) groups excluding carboxylic acids is 1. The molecule has 1 unspecified atom stereocenters. The zero-order chi connectivity index (χ0) is 13.8. The van der Waals surface area contributed by atoms with Crippen LogP contribution in [0.4, 0.5) is 0 Å². The van der Waals surface area contributed by atoms with Gasteiger partial charge in [-0.05, 0) is 13.8 Å². The van der Waals surface area contributed by atoms with E-state index in [1.165, 1.54) is 0 Å². The molecule has 0 radical (unpaired) electrons. The molecule has 17 heavy (non-hydrogen) atoms. The fourth-order valence-electron chi connectivity index (χ4n) is 0.456. The normalized spacial score (nSPS) is 11.9. The summed E-state index contributed by atoms with van der Waals surface area (Å²) in [6.45, 7) is 5.73. The molecule has 0 fully saturated rings. The van der Waals surface area contributed by atoms with Crippen LogP contribution in [0.3, 0.4) is 0 Å². The van der Waals surface area contributed by atoms with Crippen LogP contribution in [0.15, 0.2) is 24.3 Å². The van der Waals surface area contributed by atoms with Crippen molar-refractivity contribution < 1.29 is 29.6 Å². The third-order valence-corrected chi connectivity index (χ3v) is 1.55. The maximum atomic E-state index is 10.9. The largest absolute Gasteiger partial charge is 0.478 e. The molecule has 98 valence electrons. The summed E-state index contributed by atoms with van der Waals surface area (Å²) in [4.78, 5) is 20.2. The Morgan fingerprint density at radius 1 is 1.47 bits per heavy atom. The maximum Gasteiger partial charge on any atom is 0.333 e. The molecule has 0 rings (SSSR count). The summed E-state index contributed by atoms with van der Waals surface area (Å²) in [5.41, 5.74) is 0.486. The van der Waals surface area contributed by atoms with E-state index >= 15 is 0 Å². The molecule has 1 atom stereocenters. The summed E-state index contributed by atoms with van der Waals surface area (Å²) in [7, 11) is 0. The zero-order valence-electron chi connectivity index (χ0n) is 9.92. The van der Waals surface area contributed by atoms with E-state index in [9.17, 15) is 9.59 Å². The van der Waals surface area contributed by atoms with Gasteiger partial charge in [0, 0.05) is 11.6 Å². The number of carboxylic acid groups (broad SMARTS) is 1. The first-order valence-corrected chi connectivity index (χ1v) is 4.83. The molecule has 0 spiro atoms.